The van der Waals surface area contributed by atoms with Gasteiger partial charge in [-0.05, 0) is 48.5 Å². The number of aromatic nitrogens is 2. The first-order valence-corrected chi connectivity index (χ1v) is 13.7. The number of methoxy groups -OCH3 is 1. The number of benzene rings is 3. The fourth-order valence-electron chi connectivity index (χ4n) is 5.21. The molecular formula is C33H28N6O4. The molecule has 43 heavy (non-hydrogen) atoms. The molecule has 2 N–H and O–H groups in total. The van der Waals surface area contributed by atoms with Gasteiger partial charge in [0.1, 0.15) is 24.2 Å². The number of carbonyl (C=O) groups excluding carboxylic acids is 1. The number of H-pyrrole nitrogens is 1. The lowest BCUT2D eigenvalue weighted by Gasteiger charge is -2.36. The number of carbonyl (C=O) groups is 1. The van der Waals surface area contributed by atoms with Crippen LogP contribution in [0, 0.1) is 23.7 Å². The Morgan fingerprint density at radius 1 is 1.05 bits per heavy atom. The molecule has 5 aromatic rings. The van der Waals surface area contributed by atoms with E-state index in [2.05, 4.69) is 32.2 Å². The molecule has 1 saturated heterocycles. The van der Waals surface area contributed by atoms with Crippen LogP contribution in [0.2, 0.25) is 0 Å². The molecule has 0 spiro atoms. The third-order valence-electron chi connectivity index (χ3n) is 7.33. The van der Waals surface area contributed by atoms with Crippen LogP contribution in [0.25, 0.3) is 21.8 Å². The minimum absolute atomic E-state index is 0.0952. The van der Waals surface area contributed by atoms with Crippen molar-refractivity contribution in [3.8, 4) is 41.4 Å². The minimum atomic E-state index is -0.192. The lowest BCUT2D eigenvalue weighted by molar-refractivity contribution is 0.208. The molecule has 0 aliphatic carbocycles. The highest BCUT2D eigenvalue weighted by molar-refractivity contribution is 5.97. The third kappa shape index (κ3) is 5.54. The molecule has 0 bridgehead atoms. The summed E-state index contributed by atoms with van der Waals surface area (Å²) >= 11 is 0. The first-order valence-electron chi connectivity index (χ1n) is 13.7. The molecule has 1 aliphatic heterocycles. The number of hydrogen-bond donors (Lipinski definition) is 2. The summed E-state index contributed by atoms with van der Waals surface area (Å²) in [5.74, 6) is 4.85. The van der Waals surface area contributed by atoms with Gasteiger partial charge in [-0.2, -0.15) is 5.26 Å². The summed E-state index contributed by atoms with van der Waals surface area (Å²) in [4.78, 5) is 24.6. The zero-order chi connectivity index (χ0) is 29.8. The predicted molar refractivity (Wildman–Crippen MR) is 165 cm³/mol. The second-order valence-electron chi connectivity index (χ2n) is 9.87. The van der Waals surface area contributed by atoms with E-state index in [0.717, 1.165) is 27.7 Å². The molecule has 10 nitrogen and oxygen atoms in total. The number of pyridine rings is 1. The minimum Gasteiger partial charge on any atom is -0.493 e. The van der Waals surface area contributed by atoms with Crippen molar-refractivity contribution in [2.24, 2.45) is 0 Å². The number of hydrogen-bond acceptors (Lipinski definition) is 7. The molecule has 6 rings (SSSR count). The molecule has 0 atom stereocenters. The van der Waals surface area contributed by atoms with Gasteiger partial charge in [-0.15, -0.1) is 6.42 Å². The van der Waals surface area contributed by atoms with Crippen molar-refractivity contribution in [1.29, 1.82) is 5.26 Å². The molecule has 2 amide bonds. The number of terminal acetylenes is 1. The molecule has 0 unspecified atom stereocenters. The number of aromatic amines is 1. The van der Waals surface area contributed by atoms with Crippen LogP contribution in [0.5, 0.6) is 23.0 Å². The monoisotopic (exact) mass is 572 g/mol. The van der Waals surface area contributed by atoms with Gasteiger partial charge in [0.2, 0.25) is 0 Å². The Balaban J connectivity index is 1.12. The Morgan fingerprint density at radius 3 is 2.60 bits per heavy atom. The quantitative estimate of drug-likeness (QED) is 0.239. The lowest BCUT2D eigenvalue weighted by Crippen LogP contribution is -2.50. The smallest absolute Gasteiger partial charge is 0.321 e. The average molecular weight is 573 g/mol. The van der Waals surface area contributed by atoms with Crippen molar-refractivity contribution >= 4 is 39.2 Å². The van der Waals surface area contributed by atoms with Gasteiger partial charge in [-0.1, -0.05) is 12.0 Å². The van der Waals surface area contributed by atoms with Gasteiger partial charge in [0.25, 0.3) is 0 Å². The first kappa shape index (κ1) is 27.3. The molecule has 2 aromatic heterocycles. The van der Waals surface area contributed by atoms with Crippen LogP contribution in [-0.4, -0.2) is 60.8 Å². The topological polar surface area (TPSA) is 116 Å². The van der Waals surface area contributed by atoms with E-state index in [-0.39, 0.29) is 12.6 Å². The number of rotatable bonds is 7. The van der Waals surface area contributed by atoms with Crippen molar-refractivity contribution in [1.82, 2.24) is 14.9 Å². The van der Waals surface area contributed by atoms with Crippen LogP contribution in [0.1, 0.15) is 5.56 Å². The van der Waals surface area contributed by atoms with Crippen molar-refractivity contribution in [3.63, 3.8) is 0 Å². The van der Waals surface area contributed by atoms with E-state index in [1.807, 2.05) is 60.8 Å². The van der Waals surface area contributed by atoms with E-state index in [4.69, 9.17) is 20.6 Å². The second-order valence-corrected chi connectivity index (χ2v) is 9.87. The summed E-state index contributed by atoms with van der Waals surface area (Å²) in [5, 5.41) is 14.6. The molecule has 214 valence electrons. The van der Waals surface area contributed by atoms with Crippen LogP contribution in [0.4, 0.5) is 16.2 Å². The third-order valence-corrected chi connectivity index (χ3v) is 7.33. The number of urea groups is 1. The average Bonchev–Trinajstić information content (AvgIpc) is 3.54. The summed E-state index contributed by atoms with van der Waals surface area (Å²) < 4.78 is 17.2. The van der Waals surface area contributed by atoms with E-state index in [9.17, 15) is 10.1 Å². The predicted octanol–water partition coefficient (Wildman–Crippen LogP) is 5.75. The highest BCUT2D eigenvalue weighted by atomic mass is 16.5. The van der Waals surface area contributed by atoms with Crippen LogP contribution >= 0.6 is 0 Å². The zero-order valence-corrected chi connectivity index (χ0v) is 23.5. The van der Waals surface area contributed by atoms with Crippen molar-refractivity contribution in [2.75, 3.05) is 50.1 Å². The summed E-state index contributed by atoms with van der Waals surface area (Å²) in [6.45, 7) is 2.12. The first-order chi connectivity index (χ1) is 21.1. The van der Waals surface area contributed by atoms with E-state index >= 15 is 0 Å². The maximum atomic E-state index is 13.1. The number of anilines is 2. The fraction of sp³-hybridized carbons (Fsp3) is 0.182. The van der Waals surface area contributed by atoms with Crippen molar-refractivity contribution in [2.45, 2.75) is 0 Å². The second kappa shape index (κ2) is 11.9. The molecule has 10 heteroatoms. The summed E-state index contributed by atoms with van der Waals surface area (Å²) in [6.07, 6.45) is 8.78. The zero-order valence-electron chi connectivity index (χ0n) is 23.5. The largest absolute Gasteiger partial charge is 0.493 e. The van der Waals surface area contributed by atoms with E-state index in [1.54, 1.807) is 24.3 Å². The van der Waals surface area contributed by atoms with Gasteiger partial charge in [0, 0.05) is 66.6 Å². The van der Waals surface area contributed by atoms with Gasteiger partial charge in [-0.25, -0.2) is 4.79 Å². The van der Waals surface area contributed by atoms with Crippen LogP contribution in [-0.2, 0) is 0 Å². The maximum absolute atomic E-state index is 13.1. The molecule has 0 radical (unpaired) electrons. The van der Waals surface area contributed by atoms with Crippen LogP contribution < -0.4 is 24.4 Å². The van der Waals surface area contributed by atoms with Crippen LogP contribution in [0.15, 0.2) is 73.1 Å². The number of nitrogens with one attached hydrogen (secondary N) is 2. The number of ether oxygens (including phenoxy) is 3. The Labute approximate surface area is 248 Å². The van der Waals surface area contributed by atoms with E-state index in [1.165, 1.54) is 0 Å². The fourth-order valence-corrected chi connectivity index (χ4v) is 5.21. The van der Waals surface area contributed by atoms with Crippen molar-refractivity contribution in [3.05, 3.63) is 78.6 Å². The van der Waals surface area contributed by atoms with Gasteiger partial charge < -0.3 is 34.3 Å². The number of nitrogens with zero attached hydrogens (tertiary/aromatic N) is 4. The number of piperazine rings is 1. The standard InChI is InChI=1S/C33H28N6O4/c1-3-17-42-31-19-28-26(18-30(31)41-2)32(22(20-34)21-36-28)38-13-15-39(16-14-38)33(40)37-23-7-9-24(10-8-23)43-29-6-4-5-27-25(29)11-12-35-27/h1,4-12,18-19,21,35H,13-17H2,2H3,(H,37,40). The summed E-state index contributed by atoms with van der Waals surface area (Å²) in [7, 11) is 1.55. The van der Waals surface area contributed by atoms with Gasteiger partial charge in [0.05, 0.1) is 23.9 Å². The van der Waals surface area contributed by atoms with Crippen LogP contribution in [0.3, 0.4) is 0 Å². The number of amides is 2. The van der Waals surface area contributed by atoms with Crippen molar-refractivity contribution < 1.29 is 19.0 Å². The summed E-state index contributed by atoms with van der Waals surface area (Å²) in [5.41, 5.74) is 3.52. The van der Waals surface area contributed by atoms with Gasteiger partial charge in [0.15, 0.2) is 11.5 Å². The molecule has 0 saturated carbocycles. The molecule has 1 fully saturated rings. The van der Waals surface area contributed by atoms with E-state index < -0.39 is 0 Å². The molecule has 3 heterocycles. The highest BCUT2D eigenvalue weighted by Crippen LogP contribution is 2.38. The normalized spacial score (nSPS) is 12.9. The Kier molecular flexibility index (Phi) is 7.58. The molecule has 1 aliphatic rings. The molecular weight excluding hydrogens is 544 g/mol. The Hall–Kier alpha value is -5.87. The number of fused-ring (bicyclic) bond motifs is 2. The van der Waals surface area contributed by atoms with E-state index in [0.29, 0.717) is 60.2 Å². The summed E-state index contributed by atoms with van der Waals surface area (Å²) in [6, 6.07) is 20.8. The van der Waals surface area contributed by atoms with Gasteiger partial charge >= 0.3 is 6.03 Å². The highest BCUT2D eigenvalue weighted by Gasteiger charge is 2.25. The SMILES string of the molecule is C#CCOc1cc2ncc(C#N)c(N3CCN(C(=O)Nc4ccc(Oc5cccc6[nH]ccc56)cc4)CC3)c2cc1OC. The Morgan fingerprint density at radius 2 is 1.86 bits per heavy atom. The number of nitriles is 1. The lowest BCUT2D eigenvalue weighted by atomic mass is 10.1. The Bertz CT molecular complexity index is 1880. The van der Waals surface area contributed by atoms with Gasteiger partial charge in [-0.3, -0.25) is 4.98 Å². The maximum Gasteiger partial charge on any atom is 0.321 e. The molecule has 3 aromatic carbocycles.